The van der Waals surface area contributed by atoms with Crippen LogP contribution in [-0.4, -0.2) is 4.92 Å². The van der Waals surface area contributed by atoms with Crippen LogP contribution in [0.25, 0.3) is 0 Å². The number of rotatable bonds is 2. The summed E-state index contributed by atoms with van der Waals surface area (Å²) in [6.07, 6.45) is -0.792. The number of nitriles is 2. The molecule has 1 aliphatic rings. The molecular weight excluding hydrogens is 248 g/mol. The molecular formula is C12H8N4O3. The fourth-order valence-corrected chi connectivity index (χ4v) is 1.91. The maximum Gasteiger partial charge on any atom is 0.269 e. The van der Waals surface area contributed by atoms with Gasteiger partial charge in [0.1, 0.15) is 23.7 Å². The molecule has 2 rings (SSSR count). The first-order valence-electron chi connectivity index (χ1n) is 5.29. The van der Waals surface area contributed by atoms with Crippen LogP contribution in [0.4, 0.5) is 5.69 Å². The summed E-state index contributed by atoms with van der Waals surface area (Å²) in [5.41, 5.74) is 5.91. The zero-order valence-electron chi connectivity index (χ0n) is 9.61. The van der Waals surface area contributed by atoms with E-state index in [1.54, 1.807) is 6.07 Å². The summed E-state index contributed by atoms with van der Waals surface area (Å²) in [5, 5.41) is 28.7. The molecule has 1 aliphatic heterocycles. The van der Waals surface area contributed by atoms with E-state index in [-0.39, 0.29) is 17.1 Å². The Bertz CT molecular complexity index is 654. The quantitative estimate of drug-likeness (QED) is 0.631. The van der Waals surface area contributed by atoms with Gasteiger partial charge in [-0.25, -0.2) is 0 Å². The van der Waals surface area contributed by atoms with Gasteiger partial charge in [0, 0.05) is 17.7 Å². The SMILES string of the molecule is N#CC1=C(N)O[C@H](c2cccc([N+](=O)[O-])c2)[C@@H]1C#N. The van der Waals surface area contributed by atoms with Crippen molar-refractivity contribution in [2.45, 2.75) is 6.10 Å². The summed E-state index contributed by atoms with van der Waals surface area (Å²) in [6, 6.07) is 9.49. The normalized spacial score (nSPS) is 21.4. The highest BCUT2D eigenvalue weighted by molar-refractivity contribution is 5.42. The maximum atomic E-state index is 10.7. The number of benzene rings is 1. The predicted molar refractivity (Wildman–Crippen MR) is 62.9 cm³/mol. The molecule has 7 nitrogen and oxygen atoms in total. The van der Waals surface area contributed by atoms with E-state index < -0.39 is 16.9 Å². The third-order valence-electron chi connectivity index (χ3n) is 2.80. The van der Waals surface area contributed by atoms with Gasteiger partial charge in [-0.05, 0) is 0 Å². The van der Waals surface area contributed by atoms with Gasteiger partial charge in [0.15, 0.2) is 5.88 Å². The van der Waals surface area contributed by atoms with Gasteiger partial charge < -0.3 is 10.5 Å². The third-order valence-corrected chi connectivity index (χ3v) is 2.80. The van der Waals surface area contributed by atoms with Crippen LogP contribution < -0.4 is 5.73 Å². The molecule has 7 heteroatoms. The van der Waals surface area contributed by atoms with E-state index in [9.17, 15) is 10.1 Å². The molecule has 1 heterocycles. The number of hydrogen-bond acceptors (Lipinski definition) is 6. The lowest BCUT2D eigenvalue weighted by atomic mass is 9.92. The topological polar surface area (TPSA) is 126 Å². The first-order chi connectivity index (χ1) is 9.08. The van der Waals surface area contributed by atoms with Crippen molar-refractivity contribution in [3.05, 3.63) is 51.4 Å². The smallest absolute Gasteiger partial charge is 0.269 e. The fraction of sp³-hybridized carbons (Fsp3) is 0.167. The molecule has 1 aromatic carbocycles. The molecule has 0 radical (unpaired) electrons. The second-order valence-corrected chi connectivity index (χ2v) is 3.89. The van der Waals surface area contributed by atoms with Gasteiger partial charge in [-0.3, -0.25) is 10.1 Å². The first kappa shape index (κ1) is 12.4. The molecule has 0 saturated heterocycles. The maximum absolute atomic E-state index is 10.7. The molecule has 1 aromatic rings. The Labute approximate surface area is 108 Å². The Morgan fingerprint density at radius 3 is 2.74 bits per heavy atom. The summed E-state index contributed by atoms with van der Waals surface area (Å²) in [5.74, 6) is -0.961. The van der Waals surface area contributed by atoms with Crippen LogP contribution in [0.2, 0.25) is 0 Å². The zero-order chi connectivity index (χ0) is 14.0. The molecule has 94 valence electrons. The molecule has 0 spiro atoms. The standard InChI is InChI=1S/C12H8N4O3/c13-5-9-10(6-14)12(15)19-11(9)7-2-1-3-8(4-7)16(17)18/h1-4,9,11H,15H2/t9-,11-/m1/s1. The first-order valence-corrected chi connectivity index (χ1v) is 5.29. The summed E-state index contributed by atoms with van der Waals surface area (Å²) >= 11 is 0. The molecule has 19 heavy (non-hydrogen) atoms. The van der Waals surface area contributed by atoms with E-state index in [0.29, 0.717) is 5.56 Å². The Morgan fingerprint density at radius 1 is 1.42 bits per heavy atom. The van der Waals surface area contributed by atoms with Crippen LogP contribution in [0.1, 0.15) is 11.7 Å². The predicted octanol–water partition coefficient (Wildman–Crippen LogP) is 1.50. The molecule has 0 aromatic heterocycles. The highest BCUT2D eigenvalue weighted by atomic mass is 16.6. The Kier molecular flexibility index (Phi) is 3.05. The van der Waals surface area contributed by atoms with E-state index >= 15 is 0 Å². The van der Waals surface area contributed by atoms with E-state index in [2.05, 4.69) is 0 Å². The lowest BCUT2D eigenvalue weighted by Crippen LogP contribution is -2.09. The lowest BCUT2D eigenvalue weighted by molar-refractivity contribution is -0.385. The van der Waals surface area contributed by atoms with Gasteiger partial charge in [0.25, 0.3) is 5.69 Å². The number of nitrogens with two attached hydrogens (primary N) is 1. The van der Waals surface area contributed by atoms with Gasteiger partial charge in [0.05, 0.1) is 11.0 Å². The molecule has 0 fully saturated rings. The summed E-state index contributed by atoms with van der Waals surface area (Å²) in [7, 11) is 0. The summed E-state index contributed by atoms with van der Waals surface area (Å²) in [6.45, 7) is 0. The molecule has 0 saturated carbocycles. The van der Waals surface area contributed by atoms with Crippen molar-refractivity contribution in [2.24, 2.45) is 11.7 Å². The molecule has 0 aliphatic carbocycles. The number of nitro benzene ring substituents is 1. The minimum absolute atomic E-state index is 0.0546. The Hall–Kier alpha value is -3.06. The largest absolute Gasteiger partial charge is 0.469 e. The van der Waals surface area contributed by atoms with Gasteiger partial charge in [-0.15, -0.1) is 0 Å². The van der Waals surface area contributed by atoms with Crippen molar-refractivity contribution in [3.8, 4) is 12.1 Å². The summed E-state index contributed by atoms with van der Waals surface area (Å²) < 4.78 is 5.28. The van der Waals surface area contributed by atoms with Crippen molar-refractivity contribution in [2.75, 3.05) is 0 Å². The van der Waals surface area contributed by atoms with E-state index in [1.165, 1.54) is 18.2 Å². The van der Waals surface area contributed by atoms with Crippen LogP contribution >= 0.6 is 0 Å². The van der Waals surface area contributed by atoms with Crippen molar-refractivity contribution in [1.29, 1.82) is 10.5 Å². The number of nitrogens with zero attached hydrogens (tertiary/aromatic N) is 3. The second kappa shape index (κ2) is 4.67. The summed E-state index contributed by atoms with van der Waals surface area (Å²) in [4.78, 5) is 10.2. The second-order valence-electron chi connectivity index (χ2n) is 3.89. The third kappa shape index (κ3) is 2.05. The Balaban J connectivity index is 2.40. The van der Waals surface area contributed by atoms with Crippen molar-refractivity contribution < 1.29 is 9.66 Å². The molecule has 2 atom stereocenters. The fourth-order valence-electron chi connectivity index (χ4n) is 1.91. The molecule has 0 bridgehead atoms. The van der Waals surface area contributed by atoms with E-state index in [0.717, 1.165) is 0 Å². The zero-order valence-corrected chi connectivity index (χ0v) is 9.61. The highest BCUT2D eigenvalue weighted by Gasteiger charge is 2.38. The molecule has 0 unspecified atom stereocenters. The van der Waals surface area contributed by atoms with Gasteiger partial charge >= 0.3 is 0 Å². The lowest BCUT2D eigenvalue weighted by Gasteiger charge is -2.14. The van der Waals surface area contributed by atoms with Crippen LogP contribution in [0.15, 0.2) is 35.7 Å². The number of non-ortho nitro benzene ring substituents is 1. The molecule has 2 N–H and O–H groups in total. The van der Waals surface area contributed by atoms with Crippen molar-refractivity contribution >= 4 is 5.69 Å². The van der Waals surface area contributed by atoms with Crippen LogP contribution in [0, 0.1) is 38.7 Å². The highest BCUT2D eigenvalue weighted by Crippen LogP contribution is 2.39. The minimum Gasteiger partial charge on any atom is -0.469 e. The van der Waals surface area contributed by atoms with Crippen LogP contribution in [0.5, 0.6) is 0 Å². The van der Waals surface area contributed by atoms with Crippen LogP contribution in [0.3, 0.4) is 0 Å². The van der Waals surface area contributed by atoms with Crippen LogP contribution in [-0.2, 0) is 4.74 Å². The van der Waals surface area contributed by atoms with E-state index in [1.807, 2.05) is 12.1 Å². The van der Waals surface area contributed by atoms with Gasteiger partial charge in [-0.1, -0.05) is 12.1 Å². The average Bonchev–Trinajstić information content (AvgIpc) is 2.74. The number of nitro groups is 1. The Morgan fingerprint density at radius 2 is 2.16 bits per heavy atom. The monoisotopic (exact) mass is 256 g/mol. The van der Waals surface area contributed by atoms with Gasteiger partial charge in [0.2, 0.25) is 0 Å². The minimum atomic E-state index is -0.855. The number of ether oxygens (including phenoxy) is 1. The van der Waals surface area contributed by atoms with Gasteiger partial charge in [-0.2, -0.15) is 10.5 Å². The average molecular weight is 256 g/mol. The van der Waals surface area contributed by atoms with Crippen molar-refractivity contribution in [3.63, 3.8) is 0 Å². The van der Waals surface area contributed by atoms with Crippen molar-refractivity contribution in [1.82, 2.24) is 0 Å². The molecule has 0 amide bonds. The number of hydrogen-bond donors (Lipinski definition) is 1. The van der Waals surface area contributed by atoms with E-state index in [4.69, 9.17) is 21.0 Å².